The Morgan fingerprint density at radius 1 is 1.58 bits per heavy atom. The quantitative estimate of drug-likeness (QED) is 0.820. The van der Waals surface area contributed by atoms with Crippen molar-refractivity contribution in [2.24, 2.45) is 5.73 Å². The van der Waals surface area contributed by atoms with Crippen LogP contribution in [-0.4, -0.2) is 19.1 Å². The minimum Gasteiger partial charge on any atom is -0.495 e. The molecule has 0 bridgehead atoms. The predicted molar refractivity (Wildman–Crippen MR) is 73.8 cm³/mol. The van der Waals surface area contributed by atoms with Crippen LogP contribution in [0.4, 0.5) is 5.69 Å². The smallest absolute Gasteiger partial charge is 0.226 e. The molecule has 1 unspecified atom stereocenters. The molecule has 0 aliphatic heterocycles. The lowest BCUT2D eigenvalue weighted by Crippen LogP contribution is -2.27. The molecule has 0 radical (unpaired) electrons. The van der Waals surface area contributed by atoms with Crippen LogP contribution in [0.2, 0.25) is 0 Å². The van der Waals surface area contributed by atoms with E-state index >= 15 is 0 Å². The Balaban J connectivity index is 2.81. The Kier molecular flexibility index (Phi) is 5.83. The molecule has 3 N–H and O–H groups in total. The van der Waals surface area contributed by atoms with Gasteiger partial charge >= 0.3 is 0 Å². The Morgan fingerprint density at radius 3 is 2.89 bits per heavy atom. The van der Waals surface area contributed by atoms with Crippen molar-refractivity contribution in [2.75, 3.05) is 12.4 Å². The zero-order chi connectivity index (χ0) is 14.3. The van der Waals surface area contributed by atoms with Crippen LogP contribution in [0.1, 0.15) is 31.7 Å². The second-order valence-electron chi connectivity index (χ2n) is 4.30. The molecule has 1 amide bonds. The SMILES string of the molecule is CCCC(N)CC(=O)Nc1c(C#N)cccc1OC. The third kappa shape index (κ3) is 4.27. The van der Waals surface area contributed by atoms with Crippen molar-refractivity contribution in [3.05, 3.63) is 23.8 Å². The Morgan fingerprint density at radius 2 is 2.32 bits per heavy atom. The van der Waals surface area contributed by atoms with Crippen molar-refractivity contribution < 1.29 is 9.53 Å². The molecular formula is C14H19N3O2. The van der Waals surface area contributed by atoms with Crippen LogP contribution < -0.4 is 15.8 Å². The van der Waals surface area contributed by atoms with Gasteiger partial charge in [-0.25, -0.2) is 0 Å². The standard InChI is InChI=1S/C14H19N3O2/c1-3-5-11(16)8-13(18)17-14-10(9-15)6-4-7-12(14)19-2/h4,6-7,11H,3,5,8,16H2,1-2H3,(H,17,18). The van der Waals surface area contributed by atoms with Gasteiger partial charge in [0.1, 0.15) is 17.5 Å². The number of benzene rings is 1. The van der Waals surface area contributed by atoms with Crippen LogP contribution >= 0.6 is 0 Å². The Hall–Kier alpha value is -2.06. The van der Waals surface area contributed by atoms with E-state index in [1.807, 2.05) is 13.0 Å². The summed E-state index contributed by atoms with van der Waals surface area (Å²) in [6.07, 6.45) is 1.97. The molecule has 1 atom stereocenters. The van der Waals surface area contributed by atoms with Gasteiger partial charge in [0.2, 0.25) is 5.91 Å². The van der Waals surface area contributed by atoms with E-state index in [2.05, 4.69) is 5.32 Å². The number of nitrogens with two attached hydrogens (primary N) is 1. The summed E-state index contributed by atoms with van der Waals surface area (Å²) in [7, 11) is 1.50. The number of rotatable bonds is 6. The van der Waals surface area contributed by atoms with Gasteiger partial charge in [0.05, 0.1) is 12.7 Å². The van der Waals surface area contributed by atoms with Gasteiger partial charge < -0.3 is 15.8 Å². The lowest BCUT2D eigenvalue weighted by molar-refractivity contribution is -0.116. The molecule has 0 heterocycles. The molecule has 0 aliphatic carbocycles. The second kappa shape index (κ2) is 7.39. The van der Waals surface area contributed by atoms with E-state index in [0.717, 1.165) is 12.8 Å². The first-order valence-electron chi connectivity index (χ1n) is 6.24. The average Bonchev–Trinajstić information content (AvgIpc) is 2.39. The highest BCUT2D eigenvalue weighted by Gasteiger charge is 2.14. The fourth-order valence-corrected chi connectivity index (χ4v) is 1.82. The third-order valence-electron chi connectivity index (χ3n) is 2.74. The van der Waals surface area contributed by atoms with E-state index in [9.17, 15) is 4.79 Å². The minimum atomic E-state index is -0.207. The van der Waals surface area contributed by atoms with Crippen LogP contribution in [0.15, 0.2) is 18.2 Å². The summed E-state index contributed by atoms with van der Waals surface area (Å²) in [5, 5.41) is 11.7. The molecule has 5 heteroatoms. The zero-order valence-electron chi connectivity index (χ0n) is 11.3. The molecule has 1 rings (SSSR count). The first kappa shape index (κ1) is 15.0. The van der Waals surface area contributed by atoms with E-state index in [0.29, 0.717) is 17.0 Å². The molecule has 0 aromatic heterocycles. The molecule has 0 fully saturated rings. The average molecular weight is 261 g/mol. The molecule has 0 spiro atoms. The third-order valence-corrected chi connectivity index (χ3v) is 2.74. The van der Waals surface area contributed by atoms with Crippen molar-refractivity contribution in [3.63, 3.8) is 0 Å². The second-order valence-corrected chi connectivity index (χ2v) is 4.30. The van der Waals surface area contributed by atoms with Gasteiger partial charge in [-0.1, -0.05) is 19.4 Å². The zero-order valence-corrected chi connectivity index (χ0v) is 11.3. The maximum absolute atomic E-state index is 11.9. The van der Waals surface area contributed by atoms with Crippen molar-refractivity contribution in [2.45, 2.75) is 32.2 Å². The highest BCUT2D eigenvalue weighted by molar-refractivity contribution is 5.94. The van der Waals surface area contributed by atoms with Crippen LogP contribution in [0.5, 0.6) is 5.75 Å². The predicted octanol–water partition coefficient (Wildman–Crippen LogP) is 2.02. The summed E-state index contributed by atoms with van der Waals surface area (Å²) in [6.45, 7) is 2.02. The number of carbonyl (C=O) groups excluding carboxylic acids is 1. The first-order valence-corrected chi connectivity index (χ1v) is 6.24. The molecule has 0 aliphatic rings. The number of methoxy groups -OCH3 is 1. The number of nitrogens with zero attached hydrogens (tertiary/aromatic N) is 1. The largest absolute Gasteiger partial charge is 0.495 e. The van der Waals surface area contributed by atoms with E-state index in [4.69, 9.17) is 15.7 Å². The number of hydrogen-bond acceptors (Lipinski definition) is 4. The van der Waals surface area contributed by atoms with Gasteiger partial charge in [0, 0.05) is 12.5 Å². The maximum Gasteiger partial charge on any atom is 0.226 e. The van der Waals surface area contributed by atoms with Gasteiger partial charge in [-0.15, -0.1) is 0 Å². The highest BCUT2D eigenvalue weighted by atomic mass is 16.5. The normalized spacial score (nSPS) is 11.5. The van der Waals surface area contributed by atoms with E-state index in [-0.39, 0.29) is 18.4 Å². The summed E-state index contributed by atoms with van der Waals surface area (Å²) >= 11 is 0. The summed E-state index contributed by atoms with van der Waals surface area (Å²) in [6, 6.07) is 6.90. The lowest BCUT2D eigenvalue weighted by Gasteiger charge is -2.13. The summed E-state index contributed by atoms with van der Waals surface area (Å²) < 4.78 is 5.14. The number of hydrogen-bond donors (Lipinski definition) is 2. The van der Waals surface area contributed by atoms with E-state index < -0.39 is 0 Å². The Bertz CT molecular complexity index is 480. The number of nitriles is 1. The van der Waals surface area contributed by atoms with Gasteiger partial charge in [-0.2, -0.15) is 5.26 Å². The van der Waals surface area contributed by atoms with Gasteiger partial charge in [-0.05, 0) is 18.6 Å². The topological polar surface area (TPSA) is 88.1 Å². The molecule has 0 saturated heterocycles. The highest BCUT2D eigenvalue weighted by Crippen LogP contribution is 2.27. The molecule has 102 valence electrons. The molecule has 5 nitrogen and oxygen atoms in total. The number of carbonyl (C=O) groups is 1. The summed E-state index contributed by atoms with van der Waals surface area (Å²) in [5.74, 6) is 0.262. The van der Waals surface area contributed by atoms with Crippen molar-refractivity contribution in [1.82, 2.24) is 0 Å². The van der Waals surface area contributed by atoms with Crippen LogP contribution in [0, 0.1) is 11.3 Å². The maximum atomic E-state index is 11.9. The monoisotopic (exact) mass is 261 g/mol. The van der Waals surface area contributed by atoms with E-state index in [1.165, 1.54) is 7.11 Å². The number of amides is 1. The number of anilines is 1. The van der Waals surface area contributed by atoms with Crippen molar-refractivity contribution in [3.8, 4) is 11.8 Å². The van der Waals surface area contributed by atoms with E-state index in [1.54, 1.807) is 18.2 Å². The molecule has 1 aromatic carbocycles. The first-order chi connectivity index (χ1) is 9.12. The number of para-hydroxylation sites is 1. The van der Waals surface area contributed by atoms with Gasteiger partial charge in [0.25, 0.3) is 0 Å². The molecular weight excluding hydrogens is 242 g/mol. The molecule has 19 heavy (non-hydrogen) atoms. The van der Waals surface area contributed by atoms with Crippen LogP contribution in [-0.2, 0) is 4.79 Å². The van der Waals surface area contributed by atoms with Crippen LogP contribution in [0.3, 0.4) is 0 Å². The Labute approximate surface area is 113 Å². The van der Waals surface area contributed by atoms with Gasteiger partial charge in [-0.3, -0.25) is 4.79 Å². The van der Waals surface area contributed by atoms with Crippen LogP contribution in [0.25, 0.3) is 0 Å². The summed E-state index contributed by atoms with van der Waals surface area (Å²) in [4.78, 5) is 11.9. The minimum absolute atomic E-state index is 0.162. The van der Waals surface area contributed by atoms with Crippen molar-refractivity contribution >= 4 is 11.6 Å². The van der Waals surface area contributed by atoms with Gasteiger partial charge in [0.15, 0.2) is 0 Å². The molecule has 1 aromatic rings. The number of ether oxygens (including phenoxy) is 1. The fraction of sp³-hybridized carbons (Fsp3) is 0.429. The summed E-state index contributed by atoms with van der Waals surface area (Å²) in [5.41, 5.74) is 6.60. The fourth-order valence-electron chi connectivity index (χ4n) is 1.82. The number of nitrogens with one attached hydrogen (secondary N) is 1. The lowest BCUT2D eigenvalue weighted by atomic mass is 10.1. The van der Waals surface area contributed by atoms with Crippen molar-refractivity contribution in [1.29, 1.82) is 5.26 Å². The molecule has 0 saturated carbocycles.